The maximum atomic E-state index is 12.6. The van der Waals surface area contributed by atoms with E-state index in [0.717, 1.165) is 12.1 Å². The monoisotopic (exact) mass is 314 g/mol. The highest BCUT2D eigenvalue weighted by Crippen LogP contribution is 2.30. The first kappa shape index (κ1) is 17.7. The van der Waals surface area contributed by atoms with Gasteiger partial charge in [0.15, 0.2) is 0 Å². The molecule has 0 aromatic heterocycles. The van der Waals surface area contributed by atoms with Crippen molar-refractivity contribution in [2.24, 2.45) is 5.73 Å². The topological polar surface area (TPSA) is 72.2 Å². The van der Waals surface area contributed by atoms with Crippen molar-refractivity contribution in [2.45, 2.75) is 25.9 Å². The molecule has 0 radical (unpaired) electrons. The molecular formula is C15H17F3N2O2. The second kappa shape index (κ2) is 7.63. The minimum absolute atomic E-state index is 0.163. The second-order valence-corrected chi connectivity index (χ2v) is 4.77. The van der Waals surface area contributed by atoms with Crippen molar-refractivity contribution in [1.29, 1.82) is 0 Å². The van der Waals surface area contributed by atoms with Crippen LogP contribution in [0.4, 0.5) is 13.2 Å². The van der Waals surface area contributed by atoms with Gasteiger partial charge in [-0.15, -0.1) is 0 Å². The molecule has 1 aromatic carbocycles. The number of primary amides is 1. The molecule has 7 heteroatoms. The Balaban J connectivity index is 2.68. The van der Waals surface area contributed by atoms with Crippen LogP contribution in [0.25, 0.3) is 5.57 Å². The van der Waals surface area contributed by atoms with E-state index in [-0.39, 0.29) is 13.0 Å². The largest absolute Gasteiger partial charge is 0.416 e. The van der Waals surface area contributed by atoms with Gasteiger partial charge in [-0.05, 0) is 36.6 Å². The van der Waals surface area contributed by atoms with Gasteiger partial charge >= 0.3 is 6.18 Å². The minimum Gasteiger partial charge on any atom is -0.370 e. The lowest BCUT2D eigenvalue weighted by Gasteiger charge is -2.09. The van der Waals surface area contributed by atoms with Gasteiger partial charge in [-0.25, -0.2) is 0 Å². The van der Waals surface area contributed by atoms with Gasteiger partial charge < -0.3 is 11.1 Å². The highest BCUT2D eigenvalue weighted by atomic mass is 19.4. The SMILES string of the molecule is C/C(=C/C(=O)NCCCC(N)=O)c1cccc(C(F)(F)F)c1. The molecule has 0 saturated heterocycles. The van der Waals surface area contributed by atoms with E-state index in [9.17, 15) is 22.8 Å². The fourth-order valence-electron chi connectivity index (χ4n) is 1.75. The summed E-state index contributed by atoms with van der Waals surface area (Å²) in [6.45, 7) is 1.83. The number of benzene rings is 1. The zero-order valence-corrected chi connectivity index (χ0v) is 12.0. The van der Waals surface area contributed by atoms with E-state index in [0.29, 0.717) is 17.6 Å². The third-order valence-electron chi connectivity index (χ3n) is 2.89. The van der Waals surface area contributed by atoms with Crippen LogP contribution in [0.15, 0.2) is 30.3 Å². The van der Waals surface area contributed by atoms with Crippen molar-refractivity contribution in [1.82, 2.24) is 5.32 Å². The number of nitrogens with two attached hydrogens (primary N) is 1. The van der Waals surface area contributed by atoms with Gasteiger partial charge in [-0.2, -0.15) is 13.2 Å². The van der Waals surface area contributed by atoms with Crippen LogP contribution in [-0.2, 0) is 15.8 Å². The van der Waals surface area contributed by atoms with E-state index < -0.39 is 23.6 Å². The van der Waals surface area contributed by atoms with Crippen molar-refractivity contribution in [3.05, 3.63) is 41.5 Å². The third-order valence-corrected chi connectivity index (χ3v) is 2.89. The highest BCUT2D eigenvalue weighted by Gasteiger charge is 2.30. The molecule has 0 spiro atoms. The predicted octanol–water partition coefficient (Wildman–Crippen LogP) is 2.49. The predicted molar refractivity (Wildman–Crippen MR) is 76.5 cm³/mol. The Kier molecular flexibility index (Phi) is 6.15. The average Bonchev–Trinajstić information content (AvgIpc) is 2.42. The number of hydrogen-bond acceptors (Lipinski definition) is 2. The van der Waals surface area contributed by atoms with Gasteiger partial charge in [0.2, 0.25) is 11.8 Å². The van der Waals surface area contributed by atoms with Crippen LogP contribution in [-0.4, -0.2) is 18.4 Å². The fourth-order valence-corrected chi connectivity index (χ4v) is 1.75. The molecule has 120 valence electrons. The number of nitrogens with one attached hydrogen (secondary N) is 1. The molecule has 0 aliphatic carbocycles. The van der Waals surface area contributed by atoms with Crippen molar-refractivity contribution in [3.63, 3.8) is 0 Å². The van der Waals surface area contributed by atoms with Crippen LogP contribution in [0.5, 0.6) is 0 Å². The lowest BCUT2D eigenvalue weighted by Crippen LogP contribution is -2.23. The zero-order valence-electron chi connectivity index (χ0n) is 12.0. The molecule has 3 N–H and O–H groups in total. The van der Waals surface area contributed by atoms with Crippen LogP contribution in [0.2, 0.25) is 0 Å². The standard InChI is InChI=1S/C15H17F3N2O2/c1-10(8-14(22)20-7-3-6-13(19)21)11-4-2-5-12(9-11)15(16,17)18/h2,4-5,8-9H,3,6-7H2,1H3,(H2,19,21)(H,20,22)/b10-8-. The average molecular weight is 314 g/mol. The van der Waals surface area contributed by atoms with E-state index in [1.165, 1.54) is 18.2 Å². The molecule has 0 aliphatic heterocycles. The Morgan fingerprint density at radius 3 is 2.59 bits per heavy atom. The first-order valence-corrected chi connectivity index (χ1v) is 6.62. The van der Waals surface area contributed by atoms with E-state index in [1.807, 2.05) is 0 Å². The number of halogens is 3. The number of alkyl halides is 3. The summed E-state index contributed by atoms with van der Waals surface area (Å²) in [5.74, 6) is -0.885. The first-order chi connectivity index (χ1) is 10.2. The van der Waals surface area contributed by atoms with Gasteiger partial charge in [-0.3, -0.25) is 9.59 Å². The third kappa shape index (κ3) is 5.99. The number of rotatable bonds is 6. The van der Waals surface area contributed by atoms with Gasteiger partial charge in [0, 0.05) is 19.0 Å². The Morgan fingerprint density at radius 2 is 2.00 bits per heavy atom. The van der Waals surface area contributed by atoms with Gasteiger partial charge in [0.25, 0.3) is 0 Å². The summed E-state index contributed by atoms with van der Waals surface area (Å²) in [5, 5.41) is 2.54. The summed E-state index contributed by atoms with van der Waals surface area (Å²) in [4.78, 5) is 22.2. The van der Waals surface area contributed by atoms with E-state index in [1.54, 1.807) is 6.92 Å². The second-order valence-electron chi connectivity index (χ2n) is 4.77. The summed E-state index contributed by atoms with van der Waals surface area (Å²) < 4.78 is 37.9. The molecule has 0 fully saturated rings. The Morgan fingerprint density at radius 1 is 1.32 bits per heavy atom. The van der Waals surface area contributed by atoms with Crippen molar-refractivity contribution < 1.29 is 22.8 Å². The smallest absolute Gasteiger partial charge is 0.370 e. The molecule has 0 atom stereocenters. The van der Waals surface area contributed by atoms with Crippen molar-refractivity contribution in [3.8, 4) is 0 Å². The maximum absolute atomic E-state index is 12.6. The molecule has 0 aliphatic rings. The number of hydrogen-bond donors (Lipinski definition) is 2. The summed E-state index contributed by atoms with van der Waals surface area (Å²) in [6, 6.07) is 4.76. The molecule has 1 rings (SSSR count). The molecule has 4 nitrogen and oxygen atoms in total. The highest BCUT2D eigenvalue weighted by molar-refractivity contribution is 5.94. The van der Waals surface area contributed by atoms with Crippen LogP contribution in [0.1, 0.15) is 30.9 Å². The molecule has 0 heterocycles. The molecule has 0 saturated carbocycles. The summed E-state index contributed by atoms with van der Waals surface area (Å²) in [5.41, 5.74) is 4.93. The van der Waals surface area contributed by atoms with Crippen LogP contribution < -0.4 is 11.1 Å². The van der Waals surface area contributed by atoms with E-state index in [2.05, 4.69) is 5.32 Å². The van der Waals surface area contributed by atoms with Crippen molar-refractivity contribution >= 4 is 17.4 Å². The Bertz CT molecular complexity index is 580. The maximum Gasteiger partial charge on any atom is 0.416 e. The molecule has 0 unspecified atom stereocenters. The molecule has 0 bridgehead atoms. The first-order valence-electron chi connectivity index (χ1n) is 6.62. The van der Waals surface area contributed by atoms with E-state index >= 15 is 0 Å². The fraction of sp³-hybridized carbons (Fsp3) is 0.333. The van der Waals surface area contributed by atoms with Gasteiger partial charge in [-0.1, -0.05) is 12.1 Å². The van der Waals surface area contributed by atoms with Crippen LogP contribution >= 0.6 is 0 Å². The Labute approximate surface area is 126 Å². The molecule has 2 amide bonds. The van der Waals surface area contributed by atoms with Crippen LogP contribution in [0.3, 0.4) is 0 Å². The number of allylic oxidation sites excluding steroid dienone is 1. The molecular weight excluding hydrogens is 297 g/mol. The van der Waals surface area contributed by atoms with Crippen molar-refractivity contribution in [2.75, 3.05) is 6.54 Å². The van der Waals surface area contributed by atoms with Crippen LogP contribution in [0, 0.1) is 0 Å². The summed E-state index contributed by atoms with van der Waals surface area (Å²) >= 11 is 0. The lowest BCUT2D eigenvalue weighted by atomic mass is 10.0. The minimum atomic E-state index is -4.42. The normalized spacial score (nSPS) is 12.1. The van der Waals surface area contributed by atoms with Gasteiger partial charge in [0.1, 0.15) is 0 Å². The molecule has 22 heavy (non-hydrogen) atoms. The Hall–Kier alpha value is -2.31. The lowest BCUT2D eigenvalue weighted by molar-refractivity contribution is -0.137. The number of carbonyl (C=O) groups excluding carboxylic acids is 2. The number of carbonyl (C=O) groups is 2. The zero-order chi connectivity index (χ0) is 16.8. The summed E-state index contributed by atoms with van der Waals surface area (Å²) in [6.07, 6.45) is -2.62. The molecule has 1 aromatic rings. The quantitative estimate of drug-likeness (QED) is 0.625. The number of amides is 2. The van der Waals surface area contributed by atoms with E-state index in [4.69, 9.17) is 5.73 Å². The van der Waals surface area contributed by atoms with Gasteiger partial charge in [0.05, 0.1) is 5.56 Å². The summed E-state index contributed by atoms with van der Waals surface area (Å²) in [7, 11) is 0.